The summed E-state index contributed by atoms with van der Waals surface area (Å²) in [5.74, 6) is 0.974. The fraction of sp³-hybridized carbons (Fsp3) is 0.160. The van der Waals surface area contributed by atoms with Gasteiger partial charge in [-0.2, -0.15) is 4.98 Å². The summed E-state index contributed by atoms with van der Waals surface area (Å²) in [6, 6.07) is 19.2. The Hall–Kier alpha value is -3.91. The Morgan fingerprint density at radius 2 is 1.91 bits per heavy atom. The van der Waals surface area contributed by atoms with E-state index in [-0.39, 0.29) is 23.8 Å². The number of aromatic nitrogens is 2. The third-order valence-electron chi connectivity index (χ3n) is 4.90. The second-order valence-corrected chi connectivity index (χ2v) is 7.74. The molecule has 7 nitrogen and oxygen atoms in total. The van der Waals surface area contributed by atoms with Gasteiger partial charge in [-0.1, -0.05) is 47.1 Å². The lowest BCUT2D eigenvalue weighted by Crippen LogP contribution is -2.12. The van der Waals surface area contributed by atoms with Crippen LogP contribution in [0.4, 0.5) is 10.1 Å². The number of hydrogen-bond donors (Lipinski definition) is 1. The summed E-state index contributed by atoms with van der Waals surface area (Å²) in [6.07, 6.45) is 0.343. The molecule has 0 saturated carbocycles. The van der Waals surface area contributed by atoms with Gasteiger partial charge in [0.25, 0.3) is 0 Å². The fourth-order valence-corrected chi connectivity index (χ4v) is 3.33. The van der Waals surface area contributed by atoms with E-state index in [0.29, 0.717) is 41.1 Å². The minimum absolute atomic E-state index is 0.0637. The Labute approximate surface area is 200 Å². The van der Waals surface area contributed by atoms with Crippen LogP contribution in [0.5, 0.6) is 11.5 Å². The molecule has 4 rings (SSSR count). The molecule has 0 fully saturated rings. The predicted molar refractivity (Wildman–Crippen MR) is 125 cm³/mol. The van der Waals surface area contributed by atoms with E-state index in [4.69, 9.17) is 25.6 Å². The maximum absolute atomic E-state index is 13.2. The molecule has 0 aliphatic rings. The van der Waals surface area contributed by atoms with Crippen molar-refractivity contribution in [3.63, 3.8) is 0 Å². The van der Waals surface area contributed by atoms with Crippen molar-refractivity contribution in [1.82, 2.24) is 10.1 Å². The van der Waals surface area contributed by atoms with Gasteiger partial charge in [-0.3, -0.25) is 4.79 Å². The number of methoxy groups -OCH3 is 1. The minimum atomic E-state index is -0.550. The number of nitrogens with one attached hydrogen (secondary N) is 1. The molecule has 0 bridgehead atoms. The van der Waals surface area contributed by atoms with Crippen molar-refractivity contribution in [1.29, 1.82) is 0 Å². The smallest absolute Gasteiger partial charge is 0.227 e. The zero-order valence-electron chi connectivity index (χ0n) is 18.3. The molecule has 0 aliphatic carbocycles. The maximum atomic E-state index is 13.2. The van der Waals surface area contributed by atoms with Crippen molar-refractivity contribution in [3.8, 4) is 22.9 Å². The molecule has 34 heavy (non-hydrogen) atoms. The van der Waals surface area contributed by atoms with Crippen LogP contribution in [0.25, 0.3) is 11.4 Å². The second-order valence-electron chi connectivity index (χ2n) is 7.33. The van der Waals surface area contributed by atoms with E-state index >= 15 is 0 Å². The van der Waals surface area contributed by atoms with Gasteiger partial charge >= 0.3 is 0 Å². The lowest BCUT2D eigenvalue weighted by atomic mass is 10.2. The number of aryl methyl sites for hydroxylation is 1. The number of rotatable bonds is 9. The lowest BCUT2D eigenvalue weighted by Gasteiger charge is -2.11. The molecule has 0 saturated heterocycles. The topological polar surface area (TPSA) is 86.5 Å². The van der Waals surface area contributed by atoms with Gasteiger partial charge in [0.05, 0.1) is 12.1 Å². The number of nitrogens with zero attached hydrogens (tertiary/aromatic N) is 2. The molecule has 0 radical (unpaired) electrons. The summed E-state index contributed by atoms with van der Waals surface area (Å²) >= 11 is 5.73. The molecular weight excluding hydrogens is 461 g/mol. The van der Waals surface area contributed by atoms with Crippen LogP contribution in [-0.2, 0) is 17.8 Å². The number of benzene rings is 3. The molecule has 1 N–H and O–H groups in total. The van der Waals surface area contributed by atoms with Crippen molar-refractivity contribution in [3.05, 3.63) is 89.0 Å². The number of amides is 1. The lowest BCUT2D eigenvalue weighted by molar-refractivity contribution is -0.116. The van der Waals surface area contributed by atoms with Crippen molar-refractivity contribution in [2.45, 2.75) is 19.4 Å². The monoisotopic (exact) mass is 481 g/mol. The average Bonchev–Trinajstić information content (AvgIpc) is 3.33. The molecule has 1 amide bonds. The van der Waals surface area contributed by atoms with Crippen LogP contribution in [0.1, 0.15) is 17.9 Å². The van der Waals surface area contributed by atoms with Gasteiger partial charge in [0.1, 0.15) is 12.4 Å². The summed E-state index contributed by atoms with van der Waals surface area (Å²) in [6.45, 7) is 0.412. The van der Waals surface area contributed by atoms with E-state index in [1.165, 1.54) is 18.2 Å². The molecule has 9 heteroatoms. The van der Waals surface area contributed by atoms with Crippen LogP contribution in [0.15, 0.2) is 71.3 Å². The average molecular weight is 482 g/mol. The highest BCUT2D eigenvalue weighted by Gasteiger charge is 2.14. The van der Waals surface area contributed by atoms with Crippen molar-refractivity contribution < 1.29 is 23.2 Å². The molecule has 3 aromatic carbocycles. The number of anilines is 1. The summed E-state index contributed by atoms with van der Waals surface area (Å²) in [7, 11) is 1.56. The first kappa shape index (κ1) is 23.3. The Bertz CT molecular complexity index is 1280. The van der Waals surface area contributed by atoms with E-state index in [1.54, 1.807) is 19.2 Å². The Kier molecular flexibility index (Phi) is 7.39. The highest BCUT2D eigenvalue weighted by atomic mass is 35.5. The van der Waals surface area contributed by atoms with Crippen molar-refractivity contribution >= 4 is 23.2 Å². The summed E-state index contributed by atoms with van der Waals surface area (Å²) in [5.41, 5.74) is 2.14. The molecule has 1 aromatic heterocycles. The van der Waals surface area contributed by atoms with Gasteiger partial charge in [0.15, 0.2) is 11.5 Å². The first-order valence-corrected chi connectivity index (χ1v) is 10.8. The third kappa shape index (κ3) is 5.90. The van der Waals surface area contributed by atoms with E-state index in [0.717, 1.165) is 5.56 Å². The van der Waals surface area contributed by atoms with Crippen LogP contribution >= 0.6 is 11.6 Å². The quantitative estimate of drug-likeness (QED) is 0.330. The number of carbonyl (C=O) groups is 1. The number of halogens is 2. The third-order valence-corrected chi connectivity index (χ3v) is 5.19. The molecule has 0 aliphatic heterocycles. The molecule has 174 valence electrons. The van der Waals surface area contributed by atoms with E-state index in [9.17, 15) is 9.18 Å². The van der Waals surface area contributed by atoms with Crippen molar-refractivity contribution in [2.75, 3.05) is 12.4 Å². The van der Waals surface area contributed by atoms with Gasteiger partial charge in [-0.15, -0.1) is 0 Å². The highest BCUT2D eigenvalue weighted by molar-refractivity contribution is 6.31. The molecule has 4 aromatic rings. The highest BCUT2D eigenvalue weighted by Crippen LogP contribution is 2.32. The number of ether oxygens (including phenoxy) is 2. The Balaban J connectivity index is 1.36. The summed E-state index contributed by atoms with van der Waals surface area (Å²) in [4.78, 5) is 16.5. The van der Waals surface area contributed by atoms with Crippen molar-refractivity contribution in [2.24, 2.45) is 0 Å². The fourth-order valence-electron chi connectivity index (χ4n) is 3.15. The van der Waals surface area contributed by atoms with E-state index in [1.807, 2.05) is 36.4 Å². The molecule has 0 spiro atoms. The van der Waals surface area contributed by atoms with Gasteiger partial charge in [0, 0.05) is 24.1 Å². The Morgan fingerprint density at radius 1 is 1.09 bits per heavy atom. The van der Waals surface area contributed by atoms with Crippen LogP contribution in [0.3, 0.4) is 0 Å². The van der Waals surface area contributed by atoms with Crippen LogP contribution in [0.2, 0.25) is 5.02 Å². The Morgan fingerprint density at radius 3 is 2.68 bits per heavy atom. The standard InChI is InChI=1S/C25H21ClFN3O4/c1-32-22-13-17(7-10-21(22)33-15-16-5-3-2-4-6-16)25-29-24(34-30-25)12-11-23(31)28-18-8-9-20(27)19(26)14-18/h2-10,13-14H,11-12,15H2,1H3,(H,28,31). The second kappa shape index (κ2) is 10.8. The SMILES string of the molecule is COc1cc(-c2noc(CCC(=O)Nc3ccc(F)c(Cl)c3)n2)ccc1OCc1ccccc1. The van der Waals surface area contributed by atoms with Crippen LogP contribution in [0, 0.1) is 5.82 Å². The zero-order valence-corrected chi connectivity index (χ0v) is 19.0. The molecule has 0 atom stereocenters. The van der Waals surface area contributed by atoms with Gasteiger partial charge in [0.2, 0.25) is 17.6 Å². The van der Waals surface area contributed by atoms with Crippen LogP contribution < -0.4 is 14.8 Å². The predicted octanol–water partition coefficient (Wildman–Crippen LogP) is 5.69. The van der Waals surface area contributed by atoms with Gasteiger partial charge in [-0.25, -0.2) is 4.39 Å². The first-order valence-electron chi connectivity index (χ1n) is 10.4. The maximum Gasteiger partial charge on any atom is 0.227 e. The zero-order chi connectivity index (χ0) is 23.9. The normalized spacial score (nSPS) is 10.7. The molecule has 1 heterocycles. The molecule has 0 unspecified atom stereocenters. The number of carbonyl (C=O) groups excluding carboxylic acids is 1. The largest absolute Gasteiger partial charge is 0.493 e. The molecular formula is C25H21ClFN3O4. The van der Waals surface area contributed by atoms with Crippen LogP contribution in [-0.4, -0.2) is 23.2 Å². The summed E-state index contributed by atoms with van der Waals surface area (Å²) < 4.78 is 29.9. The summed E-state index contributed by atoms with van der Waals surface area (Å²) in [5, 5.41) is 6.58. The van der Waals surface area contributed by atoms with Gasteiger partial charge < -0.3 is 19.3 Å². The number of hydrogen-bond acceptors (Lipinski definition) is 6. The first-order chi connectivity index (χ1) is 16.5. The van der Waals surface area contributed by atoms with E-state index < -0.39 is 5.82 Å². The minimum Gasteiger partial charge on any atom is -0.493 e. The van der Waals surface area contributed by atoms with E-state index in [2.05, 4.69) is 15.5 Å². The van der Waals surface area contributed by atoms with Gasteiger partial charge in [-0.05, 0) is 42.0 Å².